The van der Waals surface area contributed by atoms with Gasteiger partial charge in [-0.15, -0.1) is 0 Å². The monoisotopic (exact) mass is 225 g/mol. The quantitative estimate of drug-likeness (QED) is 0.590. The predicted molar refractivity (Wildman–Crippen MR) is 63.0 cm³/mol. The largest absolute Gasteiger partial charge is 0.461 e. The molecule has 3 nitrogen and oxygen atoms in total. The van der Waals surface area contributed by atoms with Crippen LogP contribution in [0.25, 0.3) is 0 Å². The maximum absolute atomic E-state index is 11.7. The number of hydrogen-bond donors (Lipinski definition) is 1. The van der Waals surface area contributed by atoms with E-state index in [1.165, 1.54) is 12.8 Å². The van der Waals surface area contributed by atoms with Gasteiger partial charge in [-0.05, 0) is 30.6 Å². The molecule has 1 heterocycles. The Hall–Kier alpha value is -0.570. The molecular formula is C13H23NO2. The molecule has 1 unspecified atom stereocenters. The molecule has 16 heavy (non-hydrogen) atoms. The fourth-order valence-corrected chi connectivity index (χ4v) is 2.71. The van der Waals surface area contributed by atoms with Crippen LogP contribution in [-0.4, -0.2) is 24.7 Å². The summed E-state index contributed by atoms with van der Waals surface area (Å²) < 4.78 is 5.66. The second-order valence-corrected chi connectivity index (χ2v) is 5.76. The summed E-state index contributed by atoms with van der Waals surface area (Å²) in [6.45, 7) is 7.52. The van der Waals surface area contributed by atoms with E-state index in [1.54, 1.807) is 0 Å². The minimum absolute atomic E-state index is 0.00922. The van der Waals surface area contributed by atoms with Crippen molar-refractivity contribution in [3.8, 4) is 0 Å². The number of esters is 1. The highest BCUT2D eigenvalue weighted by molar-refractivity contribution is 5.79. The average Bonchev–Trinajstić information content (AvgIpc) is 2.99. The number of nitrogens with one attached hydrogen (secondary N) is 1. The van der Waals surface area contributed by atoms with Crippen LogP contribution in [-0.2, 0) is 9.53 Å². The number of rotatable bonds is 3. The minimum atomic E-state index is -0.0373. The molecule has 92 valence electrons. The van der Waals surface area contributed by atoms with Crippen LogP contribution < -0.4 is 5.32 Å². The first kappa shape index (κ1) is 11.9. The molecular weight excluding hydrogens is 202 g/mol. The molecule has 3 heteroatoms. The zero-order chi connectivity index (χ0) is 11.7. The molecule has 4 atom stereocenters. The van der Waals surface area contributed by atoms with Gasteiger partial charge in [-0.3, -0.25) is 4.79 Å². The van der Waals surface area contributed by atoms with Crippen LogP contribution in [0.1, 0.15) is 40.0 Å². The Labute approximate surface area is 97.9 Å². The molecule has 0 radical (unpaired) electrons. The zero-order valence-electron chi connectivity index (χ0n) is 10.5. The van der Waals surface area contributed by atoms with Crippen molar-refractivity contribution < 1.29 is 9.53 Å². The SMILES string of the molecule is CC(C)[C@@H]1CC[C@@H](C)C[C@H]1OC(=O)C1CN1. The van der Waals surface area contributed by atoms with Gasteiger partial charge in [-0.1, -0.05) is 27.2 Å². The highest BCUT2D eigenvalue weighted by Gasteiger charge is 2.37. The van der Waals surface area contributed by atoms with Crippen molar-refractivity contribution in [1.29, 1.82) is 0 Å². The molecule has 0 aromatic heterocycles. The maximum Gasteiger partial charge on any atom is 0.324 e. The van der Waals surface area contributed by atoms with E-state index in [0.717, 1.165) is 13.0 Å². The maximum atomic E-state index is 11.7. The fraction of sp³-hybridized carbons (Fsp3) is 0.923. The lowest BCUT2D eigenvalue weighted by atomic mass is 9.75. The summed E-state index contributed by atoms with van der Waals surface area (Å²) in [6, 6.07) is -0.00922. The third-order valence-corrected chi connectivity index (χ3v) is 3.92. The highest BCUT2D eigenvalue weighted by Crippen LogP contribution is 2.35. The van der Waals surface area contributed by atoms with Gasteiger partial charge in [0.2, 0.25) is 0 Å². The number of carbonyl (C=O) groups excluding carboxylic acids is 1. The van der Waals surface area contributed by atoms with E-state index in [4.69, 9.17) is 4.74 Å². The molecule has 1 N–H and O–H groups in total. The van der Waals surface area contributed by atoms with Gasteiger partial charge in [0.25, 0.3) is 0 Å². The molecule has 2 rings (SSSR count). The molecule has 2 fully saturated rings. The Morgan fingerprint density at radius 1 is 1.38 bits per heavy atom. The Bertz CT molecular complexity index is 261. The summed E-state index contributed by atoms with van der Waals surface area (Å²) in [4.78, 5) is 11.7. The summed E-state index contributed by atoms with van der Waals surface area (Å²) in [5, 5.41) is 3.00. The van der Waals surface area contributed by atoms with Crippen LogP contribution in [0.2, 0.25) is 0 Å². The summed E-state index contributed by atoms with van der Waals surface area (Å²) in [6.07, 6.45) is 3.67. The van der Waals surface area contributed by atoms with E-state index in [9.17, 15) is 4.79 Å². The standard InChI is InChI=1S/C13H23NO2/c1-8(2)10-5-4-9(3)6-12(10)16-13(15)11-7-14-11/h8-12,14H,4-7H2,1-3H3/t9-,10+,11?,12-/m1/s1. The third kappa shape index (κ3) is 2.76. The van der Waals surface area contributed by atoms with Crippen molar-refractivity contribution in [2.24, 2.45) is 17.8 Å². The predicted octanol–water partition coefficient (Wildman–Crippen LogP) is 1.96. The van der Waals surface area contributed by atoms with Crippen LogP contribution >= 0.6 is 0 Å². The topological polar surface area (TPSA) is 48.2 Å². The van der Waals surface area contributed by atoms with Crippen molar-refractivity contribution in [1.82, 2.24) is 5.32 Å². The van der Waals surface area contributed by atoms with Gasteiger partial charge in [-0.2, -0.15) is 0 Å². The van der Waals surface area contributed by atoms with Crippen molar-refractivity contribution in [2.75, 3.05) is 6.54 Å². The first-order valence-electron chi connectivity index (χ1n) is 6.51. The van der Waals surface area contributed by atoms with Gasteiger partial charge < -0.3 is 10.1 Å². The van der Waals surface area contributed by atoms with Gasteiger partial charge >= 0.3 is 5.97 Å². The molecule has 2 aliphatic rings. The van der Waals surface area contributed by atoms with Crippen LogP contribution in [0.3, 0.4) is 0 Å². The lowest BCUT2D eigenvalue weighted by Crippen LogP contribution is -2.37. The molecule has 1 saturated heterocycles. The Morgan fingerprint density at radius 3 is 2.62 bits per heavy atom. The molecule has 0 aromatic carbocycles. The van der Waals surface area contributed by atoms with Crippen molar-refractivity contribution in [3.05, 3.63) is 0 Å². The lowest BCUT2D eigenvalue weighted by Gasteiger charge is -2.36. The number of carbonyl (C=O) groups is 1. The Morgan fingerprint density at radius 2 is 2.06 bits per heavy atom. The zero-order valence-corrected chi connectivity index (χ0v) is 10.5. The van der Waals surface area contributed by atoms with Crippen molar-refractivity contribution >= 4 is 5.97 Å². The van der Waals surface area contributed by atoms with Crippen molar-refractivity contribution in [3.63, 3.8) is 0 Å². The summed E-state index contributed by atoms with van der Waals surface area (Å²) >= 11 is 0. The molecule has 0 bridgehead atoms. The molecule has 0 aromatic rings. The van der Waals surface area contributed by atoms with E-state index >= 15 is 0 Å². The second kappa shape index (κ2) is 4.74. The van der Waals surface area contributed by atoms with Gasteiger partial charge in [0.05, 0.1) is 0 Å². The molecule has 1 saturated carbocycles. The summed E-state index contributed by atoms with van der Waals surface area (Å²) in [7, 11) is 0. The first-order valence-corrected chi connectivity index (χ1v) is 6.51. The molecule has 0 spiro atoms. The Balaban J connectivity index is 1.93. The Kier molecular flexibility index (Phi) is 3.53. The molecule has 0 amide bonds. The van der Waals surface area contributed by atoms with E-state index in [1.807, 2.05) is 0 Å². The van der Waals surface area contributed by atoms with Crippen molar-refractivity contribution in [2.45, 2.75) is 52.2 Å². The van der Waals surface area contributed by atoms with E-state index < -0.39 is 0 Å². The first-order chi connectivity index (χ1) is 7.58. The summed E-state index contributed by atoms with van der Waals surface area (Å²) in [5.74, 6) is 1.82. The van der Waals surface area contributed by atoms with Crippen LogP contribution in [0, 0.1) is 17.8 Å². The highest BCUT2D eigenvalue weighted by atomic mass is 16.5. The van der Waals surface area contributed by atoms with Gasteiger partial charge in [0, 0.05) is 6.54 Å². The van der Waals surface area contributed by atoms with Gasteiger partial charge in [0.15, 0.2) is 0 Å². The van der Waals surface area contributed by atoms with Crippen LogP contribution in [0.5, 0.6) is 0 Å². The fourth-order valence-electron chi connectivity index (χ4n) is 2.71. The third-order valence-electron chi connectivity index (χ3n) is 3.92. The van der Waals surface area contributed by atoms with Gasteiger partial charge in [-0.25, -0.2) is 0 Å². The van der Waals surface area contributed by atoms with Gasteiger partial charge in [0.1, 0.15) is 12.1 Å². The molecule has 1 aliphatic heterocycles. The van der Waals surface area contributed by atoms with E-state index in [2.05, 4.69) is 26.1 Å². The number of hydrogen-bond acceptors (Lipinski definition) is 3. The lowest BCUT2D eigenvalue weighted by molar-refractivity contribution is -0.155. The summed E-state index contributed by atoms with van der Waals surface area (Å²) in [5.41, 5.74) is 0. The average molecular weight is 225 g/mol. The smallest absolute Gasteiger partial charge is 0.324 e. The van der Waals surface area contributed by atoms with Crippen LogP contribution in [0.15, 0.2) is 0 Å². The van der Waals surface area contributed by atoms with Crippen LogP contribution in [0.4, 0.5) is 0 Å². The number of ether oxygens (including phenoxy) is 1. The molecule has 1 aliphatic carbocycles. The second-order valence-electron chi connectivity index (χ2n) is 5.76. The van der Waals surface area contributed by atoms with E-state index in [0.29, 0.717) is 17.8 Å². The van der Waals surface area contributed by atoms with E-state index in [-0.39, 0.29) is 18.1 Å². The normalized spacial score (nSPS) is 38.5. The minimum Gasteiger partial charge on any atom is -0.461 e.